The Bertz CT molecular complexity index is 634. The molecule has 19 heavy (non-hydrogen) atoms. The average Bonchev–Trinajstić information content (AvgIpc) is 2.36. The molecule has 2 rings (SSSR count). The normalized spacial score (nSPS) is 12.5. The lowest BCUT2D eigenvalue weighted by atomic mass is 10.0. The zero-order chi connectivity index (χ0) is 14.2. The van der Waals surface area contributed by atoms with Crippen molar-refractivity contribution in [3.05, 3.63) is 67.1 Å². The predicted octanol–water partition coefficient (Wildman–Crippen LogP) is 5.22. The van der Waals surface area contributed by atoms with Crippen LogP contribution in [0.25, 0.3) is 0 Å². The molecule has 1 atom stereocenters. The predicted molar refractivity (Wildman–Crippen MR) is 77.3 cm³/mol. The van der Waals surface area contributed by atoms with Crippen molar-refractivity contribution in [1.29, 1.82) is 0 Å². The van der Waals surface area contributed by atoms with Crippen LogP contribution in [0.1, 0.15) is 17.2 Å². The lowest BCUT2D eigenvalue weighted by Gasteiger charge is -2.15. The SMILES string of the molecule is OC(c1cc(F)c(Br)cc1F)c1cc(Cl)ccc1Br. The molecule has 0 aliphatic rings. The summed E-state index contributed by atoms with van der Waals surface area (Å²) >= 11 is 12.0. The fraction of sp³-hybridized carbons (Fsp3) is 0.0769. The summed E-state index contributed by atoms with van der Waals surface area (Å²) in [6.45, 7) is 0. The van der Waals surface area contributed by atoms with Crippen molar-refractivity contribution in [2.75, 3.05) is 0 Å². The first-order chi connectivity index (χ1) is 8.90. The number of aliphatic hydroxyl groups is 1. The molecule has 100 valence electrons. The molecule has 0 amide bonds. The molecule has 0 fully saturated rings. The Kier molecular flexibility index (Phi) is 4.61. The second-order valence-corrected chi connectivity index (χ2v) is 6.00. The van der Waals surface area contributed by atoms with Gasteiger partial charge in [-0.25, -0.2) is 8.78 Å². The number of halogens is 5. The zero-order valence-corrected chi connectivity index (χ0v) is 13.2. The maximum Gasteiger partial charge on any atom is 0.137 e. The Balaban J connectivity index is 2.52. The third-order valence-corrected chi connectivity index (χ3v) is 4.15. The minimum Gasteiger partial charge on any atom is -0.384 e. The van der Waals surface area contributed by atoms with Crippen LogP contribution in [0, 0.1) is 11.6 Å². The molecule has 0 aromatic heterocycles. The second kappa shape index (κ2) is 5.87. The van der Waals surface area contributed by atoms with Gasteiger partial charge in [-0.15, -0.1) is 0 Å². The summed E-state index contributed by atoms with van der Waals surface area (Å²) in [5, 5.41) is 10.6. The highest BCUT2D eigenvalue weighted by atomic mass is 79.9. The molecular weight excluding hydrogens is 405 g/mol. The summed E-state index contributed by atoms with van der Waals surface area (Å²) in [6, 6.07) is 6.69. The van der Waals surface area contributed by atoms with E-state index in [4.69, 9.17) is 11.6 Å². The largest absolute Gasteiger partial charge is 0.384 e. The molecule has 6 heteroatoms. The van der Waals surface area contributed by atoms with Crippen molar-refractivity contribution in [3.8, 4) is 0 Å². The van der Waals surface area contributed by atoms with E-state index >= 15 is 0 Å². The molecule has 0 heterocycles. The summed E-state index contributed by atoms with van der Waals surface area (Å²) in [7, 11) is 0. The molecular formula is C13H7Br2ClF2O. The monoisotopic (exact) mass is 410 g/mol. The van der Waals surface area contributed by atoms with Gasteiger partial charge in [-0.2, -0.15) is 0 Å². The zero-order valence-electron chi connectivity index (χ0n) is 9.30. The summed E-state index contributed by atoms with van der Waals surface area (Å²) in [6.07, 6.45) is -1.31. The van der Waals surface area contributed by atoms with Gasteiger partial charge in [-0.3, -0.25) is 0 Å². The van der Waals surface area contributed by atoms with Gasteiger partial charge in [0.05, 0.1) is 4.47 Å². The fourth-order valence-electron chi connectivity index (χ4n) is 1.64. The van der Waals surface area contributed by atoms with E-state index < -0.39 is 17.7 Å². The lowest BCUT2D eigenvalue weighted by Crippen LogP contribution is -2.04. The van der Waals surface area contributed by atoms with Crippen molar-refractivity contribution in [2.45, 2.75) is 6.10 Å². The Morgan fingerprint density at radius 3 is 2.32 bits per heavy atom. The maximum absolute atomic E-state index is 13.8. The Morgan fingerprint density at radius 1 is 0.947 bits per heavy atom. The molecule has 0 radical (unpaired) electrons. The molecule has 0 saturated carbocycles. The van der Waals surface area contributed by atoms with Crippen molar-refractivity contribution in [1.82, 2.24) is 0 Å². The first kappa shape index (κ1) is 14.9. The van der Waals surface area contributed by atoms with Crippen LogP contribution in [0.15, 0.2) is 39.3 Å². The minimum atomic E-state index is -1.31. The van der Waals surface area contributed by atoms with Gasteiger partial charge in [0.2, 0.25) is 0 Å². The number of hydrogen-bond acceptors (Lipinski definition) is 1. The van der Waals surface area contributed by atoms with Gasteiger partial charge in [0, 0.05) is 20.6 Å². The Hall–Kier alpha value is -0.490. The molecule has 1 N–H and O–H groups in total. The second-order valence-electron chi connectivity index (χ2n) is 3.86. The summed E-state index contributed by atoms with van der Waals surface area (Å²) < 4.78 is 27.8. The van der Waals surface area contributed by atoms with E-state index in [1.54, 1.807) is 12.1 Å². The molecule has 0 aliphatic carbocycles. The van der Waals surface area contributed by atoms with E-state index in [1.807, 2.05) is 0 Å². The van der Waals surface area contributed by atoms with Crippen LogP contribution < -0.4 is 0 Å². The number of hydrogen-bond donors (Lipinski definition) is 1. The average molecular weight is 412 g/mol. The van der Waals surface area contributed by atoms with Crippen LogP contribution >= 0.6 is 43.5 Å². The van der Waals surface area contributed by atoms with Gasteiger partial charge in [0.25, 0.3) is 0 Å². The van der Waals surface area contributed by atoms with E-state index in [1.165, 1.54) is 6.07 Å². The van der Waals surface area contributed by atoms with E-state index in [0.717, 1.165) is 12.1 Å². The fourth-order valence-corrected chi connectivity index (χ4v) is 2.60. The highest BCUT2D eigenvalue weighted by molar-refractivity contribution is 9.10. The van der Waals surface area contributed by atoms with Crippen LogP contribution in [0.3, 0.4) is 0 Å². The van der Waals surface area contributed by atoms with Gasteiger partial charge in [0.1, 0.15) is 17.7 Å². The van der Waals surface area contributed by atoms with Crippen LogP contribution in [0.2, 0.25) is 5.02 Å². The first-order valence-corrected chi connectivity index (χ1v) is 7.14. The minimum absolute atomic E-state index is 0.00566. The molecule has 0 aliphatic heterocycles. The lowest BCUT2D eigenvalue weighted by molar-refractivity contribution is 0.213. The van der Waals surface area contributed by atoms with Gasteiger partial charge >= 0.3 is 0 Å². The van der Waals surface area contributed by atoms with Gasteiger partial charge in [-0.1, -0.05) is 27.5 Å². The molecule has 0 spiro atoms. The van der Waals surface area contributed by atoms with Gasteiger partial charge in [-0.05, 0) is 46.3 Å². The van der Waals surface area contributed by atoms with Crippen LogP contribution in [0.4, 0.5) is 8.78 Å². The number of rotatable bonds is 2. The summed E-state index contributed by atoms with van der Waals surface area (Å²) in [4.78, 5) is 0. The quantitative estimate of drug-likeness (QED) is 0.670. The van der Waals surface area contributed by atoms with E-state index in [9.17, 15) is 13.9 Å². The topological polar surface area (TPSA) is 20.2 Å². The molecule has 1 unspecified atom stereocenters. The van der Waals surface area contributed by atoms with Crippen molar-refractivity contribution in [2.24, 2.45) is 0 Å². The van der Waals surface area contributed by atoms with E-state index in [0.29, 0.717) is 15.1 Å². The van der Waals surface area contributed by atoms with Crippen molar-refractivity contribution >= 4 is 43.5 Å². The summed E-state index contributed by atoms with van der Waals surface area (Å²) in [5.41, 5.74) is 0.219. The number of aliphatic hydroxyl groups excluding tert-OH is 1. The van der Waals surface area contributed by atoms with Crippen molar-refractivity contribution in [3.63, 3.8) is 0 Å². The van der Waals surface area contributed by atoms with Gasteiger partial charge in [0.15, 0.2) is 0 Å². The van der Waals surface area contributed by atoms with Crippen molar-refractivity contribution < 1.29 is 13.9 Å². The number of benzene rings is 2. The molecule has 2 aromatic carbocycles. The molecule has 0 bridgehead atoms. The van der Waals surface area contributed by atoms with Crippen LogP contribution in [-0.2, 0) is 0 Å². The van der Waals surface area contributed by atoms with Crippen LogP contribution in [0.5, 0.6) is 0 Å². The highest BCUT2D eigenvalue weighted by Gasteiger charge is 2.20. The molecule has 1 nitrogen and oxygen atoms in total. The first-order valence-electron chi connectivity index (χ1n) is 5.17. The van der Waals surface area contributed by atoms with E-state index in [2.05, 4.69) is 31.9 Å². The smallest absolute Gasteiger partial charge is 0.137 e. The standard InChI is InChI=1S/C13H7Br2ClF2O/c14-9-2-1-6(16)3-7(9)13(19)8-4-12(18)10(15)5-11(8)17/h1-5,13,19H. The van der Waals surface area contributed by atoms with E-state index in [-0.39, 0.29) is 10.0 Å². The van der Waals surface area contributed by atoms with Gasteiger partial charge < -0.3 is 5.11 Å². The third-order valence-electron chi connectivity index (χ3n) is 2.59. The maximum atomic E-state index is 13.8. The summed E-state index contributed by atoms with van der Waals surface area (Å²) in [5.74, 6) is -1.35. The van der Waals surface area contributed by atoms with Crippen LogP contribution in [-0.4, -0.2) is 5.11 Å². The third kappa shape index (κ3) is 3.16. The highest BCUT2D eigenvalue weighted by Crippen LogP contribution is 2.33. The Morgan fingerprint density at radius 2 is 1.63 bits per heavy atom. The molecule has 2 aromatic rings. The molecule has 0 saturated heterocycles. The Labute approximate surface area is 130 Å².